The molecule has 3 unspecified atom stereocenters. The Balaban J connectivity index is 1.21. The van der Waals surface area contributed by atoms with Crippen LogP contribution in [0.3, 0.4) is 0 Å². The summed E-state index contributed by atoms with van der Waals surface area (Å²) in [6, 6.07) is 14.3. The van der Waals surface area contributed by atoms with Gasteiger partial charge < -0.3 is 14.7 Å². The van der Waals surface area contributed by atoms with E-state index in [1.165, 1.54) is 16.8 Å². The smallest absolute Gasteiger partial charge is 0.260 e. The molecule has 2 saturated heterocycles. The molecule has 5 rings (SSSR count). The Bertz CT molecular complexity index is 1190. The van der Waals surface area contributed by atoms with Crippen molar-refractivity contribution in [1.29, 1.82) is 0 Å². The molecular weight excluding hydrogens is 490 g/mol. The van der Waals surface area contributed by atoms with E-state index in [1.54, 1.807) is 11.8 Å². The van der Waals surface area contributed by atoms with Crippen LogP contribution in [0.15, 0.2) is 47.4 Å². The van der Waals surface area contributed by atoms with Crippen LogP contribution in [0.1, 0.15) is 36.0 Å². The molecule has 2 aliphatic heterocycles. The highest BCUT2D eigenvalue weighted by molar-refractivity contribution is 8.04. The van der Waals surface area contributed by atoms with Crippen molar-refractivity contribution in [3.8, 4) is 0 Å². The van der Waals surface area contributed by atoms with Gasteiger partial charge in [-0.3, -0.25) is 9.59 Å². The Morgan fingerprint density at radius 3 is 2.58 bits per heavy atom. The number of fused-ring (bicyclic) bond motifs is 1. The van der Waals surface area contributed by atoms with Crippen molar-refractivity contribution in [3.63, 3.8) is 0 Å². The Kier molecular flexibility index (Phi) is 7.36. The fraction of sp³-hybridized carbons (Fsp3) is 0.448. The lowest BCUT2D eigenvalue weighted by Crippen LogP contribution is -2.55. The lowest BCUT2D eigenvalue weighted by molar-refractivity contribution is -0.139. The number of halogens is 1. The molecule has 5 nitrogen and oxygen atoms in total. The van der Waals surface area contributed by atoms with E-state index >= 15 is 0 Å². The summed E-state index contributed by atoms with van der Waals surface area (Å²) in [5.41, 5.74) is 4.77. The number of amides is 2. The van der Waals surface area contributed by atoms with Crippen molar-refractivity contribution in [1.82, 2.24) is 9.80 Å². The molecule has 0 N–H and O–H groups in total. The lowest BCUT2D eigenvalue weighted by atomic mass is 9.83. The summed E-state index contributed by atoms with van der Waals surface area (Å²) in [7, 11) is 1.89. The van der Waals surface area contributed by atoms with Crippen LogP contribution >= 0.6 is 23.4 Å². The van der Waals surface area contributed by atoms with E-state index in [2.05, 4.69) is 41.8 Å². The number of hydrogen-bond donors (Lipinski definition) is 0. The molecule has 2 aromatic carbocycles. The quantitative estimate of drug-likeness (QED) is 0.506. The Morgan fingerprint density at radius 2 is 1.83 bits per heavy atom. The second-order valence-electron chi connectivity index (χ2n) is 10.3. The highest BCUT2D eigenvalue weighted by atomic mass is 35.5. The number of nitrogens with zero attached hydrogens (tertiary/aromatic N) is 3. The molecule has 0 spiro atoms. The molecule has 7 heteroatoms. The zero-order valence-electron chi connectivity index (χ0n) is 21.2. The van der Waals surface area contributed by atoms with Gasteiger partial charge in [0.05, 0.1) is 4.91 Å². The average Bonchev–Trinajstić information content (AvgIpc) is 2.88. The van der Waals surface area contributed by atoms with E-state index < -0.39 is 0 Å². The first kappa shape index (κ1) is 25.2. The van der Waals surface area contributed by atoms with Crippen molar-refractivity contribution in [3.05, 3.63) is 69.1 Å². The lowest BCUT2D eigenvalue weighted by Gasteiger charge is -2.45. The summed E-state index contributed by atoms with van der Waals surface area (Å²) in [6.07, 6.45) is 4.52. The predicted molar refractivity (Wildman–Crippen MR) is 149 cm³/mol. The third-order valence-electron chi connectivity index (χ3n) is 7.85. The summed E-state index contributed by atoms with van der Waals surface area (Å²) in [4.78, 5) is 33.7. The van der Waals surface area contributed by atoms with Crippen LogP contribution in [0.25, 0.3) is 6.08 Å². The molecule has 3 aliphatic rings. The van der Waals surface area contributed by atoms with E-state index in [9.17, 15) is 9.59 Å². The molecule has 2 aromatic rings. The molecule has 0 radical (unpaired) electrons. The van der Waals surface area contributed by atoms with Gasteiger partial charge in [0.2, 0.25) is 5.91 Å². The maximum atomic E-state index is 13.5. The fourth-order valence-electron chi connectivity index (χ4n) is 5.76. The van der Waals surface area contributed by atoms with Crippen molar-refractivity contribution in [2.75, 3.05) is 38.1 Å². The summed E-state index contributed by atoms with van der Waals surface area (Å²) in [5.74, 6) is 0.296. The van der Waals surface area contributed by atoms with E-state index in [0.717, 1.165) is 55.9 Å². The molecule has 0 aromatic heterocycles. The van der Waals surface area contributed by atoms with Gasteiger partial charge in [0.1, 0.15) is 0 Å². The van der Waals surface area contributed by atoms with Crippen molar-refractivity contribution >= 4 is 46.9 Å². The zero-order valence-corrected chi connectivity index (χ0v) is 22.8. The minimum Gasteiger partial charge on any atom is -0.368 e. The maximum absolute atomic E-state index is 13.5. The van der Waals surface area contributed by atoms with Gasteiger partial charge in [0, 0.05) is 61.1 Å². The van der Waals surface area contributed by atoms with E-state index in [-0.39, 0.29) is 23.8 Å². The highest BCUT2D eigenvalue weighted by Gasteiger charge is 2.43. The number of aryl methyl sites for hydroxylation is 2. The molecule has 3 atom stereocenters. The molecule has 3 fully saturated rings. The molecule has 36 heavy (non-hydrogen) atoms. The normalized spacial score (nSPS) is 25.8. The Hall–Kier alpha value is -2.44. The third kappa shape index (κ3) is 5.16. The number of piperazine rings is 1. The van der Waals surface area contributed by atoms with Gasteiger partial charge in [-0.25, -0.2) is 0 Å². The molecule has 1 saturated carbocycles. The summed E-state index contributed by atoms with van der Waals surface area (Å²) < 4.78 is 0. The van der Waals surface area contributed by atoms with Gasteiger partial charge in [0.15, 0.2) is 0 Å². The van der Waals surface area contributed by atoms with Crippen LogP contribution < -0.4 is 4.90 Å². The maximum Gasteiger partial charge on any atom is 0.260 e. The highest BCUT2D eigenvalue weighted by Crippen LogP contribution is 2.43. The molecule has 1 aliphatic carbocycles. The SMILES string of the molecule is Cc1ccc(C)c(N2CCN(C(=O)C3CCC4S/C(=C/c5cccc(Cl)c5)C(=O)N(C)C4C3)CC2)c1. The van der Waals surface area contributed by atoms with Crippen LogP contribution in [-0.2, 0) is 9.59 Å². The van der Waals surface area contributed by atoms with E-state index in [4.69, 9.17) is 11.6 Å². The first-order chi connectivity index (χ1) is 17.3. The average molecular weight is 524 g/mol. The fourth-order valence-corrected chi connectivity index (χ4v) is 7.43. The first-order valence-electron chi connectivity index (χ1n) is 12.8. The topological polar surface area (TPSA) is 43.9 Å². The largest absolute Gasteiger partial charge is 0.368 e. The molecule has 2 amide bonds. The number of thioether (sulfide) groups is 1. The molecule has 190 valence electrons. The van der Waals surface area contributed by atoms with Gasteiger partial charge in [0.25, 0.3) is 5.91 Å². The van der Waals surface area contributed by atoms with Gasteiger partial charge in [-0.15, -0.1) is 11.8 Å². The Morgan fingerprint density at radius 1 is 1.06 bits per heavy atom. The number of rotatable bonds is 3. The number of carbonyl (C=O) groups excluding carboxylic acids is 2. The van der Waals surface area contributed by atoms with Crippen LogP contribution in [0.4, 0.5) is 5.69 Å². The van der Waals surface area contributed by atoms with E-state index in [0.29, 0.717) is 10.3 Å². The monoisotopic (exact) mass is 523 g/mol. The van der Waals surface area contributed by atoms with Crippen molar-refractivity contribution in [2.24, 2.45) is 5.92 Å². The molecule has 0 bridgehead atoms. The minimum absolute atomic E-state index is 0.00665. The molecular formula is C29H34ClN3O2S. The number of carbonyl (C=O) groups is 2. The van der Waals surface area contributed by atoms with Gasteiger partial charge in [-0.05, 0) is 74.1 Å². The first-order valence-corrected chi connectivity index (χ1v) is 14.1. The minimum atomic E-state index is -0.00665. The number of anilines is 1. The number of benzene rings is 2. The van der Waals surface area contributed by atoms with Gasteiger partial charge in [-0.2, -0.15) is 0 Å². The second-order valence-corrected chi connectivity index (χ2v) is 12.0. The van der Waals surface area contributed by atoms with Crippen LogP contribution in [0.5, 0.6) is 0 Å². The van der Waals surface area contributed by atoms with Gasteiger partial charge >= 0.3 is 0 Å². The summed E-state index contributed by atoms with van der Waals surface area (Å²) >= 11 is 7.80. The van der Waals surface area contributed by atoms with Crippen LogP contribution in [0.2, 0.25) is 5.02 Å². The number of hydrogen-bond acceptors (Lipinski definition) is 4. The predicted octanol–water partition coefficient (Wildman–Crippen LogP) is 5.39. The molecule has 2 heterocycles. The van der Waals surface area contributed by atoms with Crippen LogP contribution in [-0.4, -0.2) is 66.1 Å². The third-order valence-corrected chi connectivity index (χ3v) is 9.49. The standard InChI is InChI=1S/C29H34ClN3O2S/c1-19-7-8-20(2)24(15-19)32-11-13-33(14-12-32)28(34)22-9-10-26-25(18-22)31(3)29(35)27(36-26)17-21-5-4-6-23(30)16-21/h4-8,15-17,22,25-26H,9-14,18H2,1-3H3/b27-17+. The Labute approximate surface area is 223 Å². The summed E-state index contributed by atoms with van der Waals surface area (Å²) in [5, 5.41) is 0.987. The van der Waals surface area contributed by atoms with Crippen LogP contribution in [0, 0.1) is 19.8 Å². The summed E-state index contributed by atoms with van der Waals surface area (Å²) in [6.45, 7) is 7.52. The zero-order chi connectivity index (χ0) is 25.4. The number of likely N-dealkylation sites (N-methyl/N-ethyl adjacent to an activating group) is 1. The van der Waals surface area contributed by atoms with E-state index in [1.807, 2.05) is 42.3 Å². The van der Waals surface area contributed by atoms with Crippen molar-refractivity contribution < 1.29 is 9.59 Å². The second kappa shape index (κ2) is 10.5. The van der Waals surface area contributed by atoms with Gasteiger partial charge in [-0.1, -0.05) is 35.9 Å². The van der Waals surface area contributed by atoms with Crippen molar-refractivity contribution in [2.45, 2.75) is 44.4 Å².